The molecule has 0 bridgehead atoms. The molecule has 0 aliphatic carbocycles. The van der Waals surface area contributed by atoms with Gasteiger partial charge in [0.15, 0.2) is 0 Å². The number of methoxy groups -OCH3 is 1. The Morgan fingerprint density at radius 2 is 1.96 bits per heavy atom. The first-order valence-corrected chi connectivity index (χ1v) is 9.60. The summed E-state index contributed by atoms with van der Waals surface area (Å²) in [5.74, 6) is -1.51. The van der Waals surface area contributed by atoms with E-state index in [1.165, 1.54) is 18.9 Å². The van der Waals surface area contributed by atoms with Crippen molar-refractivity contribution < 1.29 is 13.5 Å². The average Bonchev–Trinajstić information content (AvgIpc) is 3.09. The van der Waals surface area contributed by atoms with E-state index in [-0.39, 0.29) is 0 Å². The molecule has 0 amide bonds. The summed E-state index contributed by atoms with van der Waals surface area (Å²) in [6.07, 6.45) is 0. The maximum atomic E-state index is 12.6. The van der Waals surface area contributed by atoms with Gasteiger partial charge < -0.3 is 4.74 Å². The molecule has 0 saturated carbocycles. The third kappa shape index (κ3) is 4.66. The minimum absolute atomic E-state index is 0.405. The van der Waals surface area contributed by atoms with E-state index >= 15 is 0 Å². The number of hydrogen-bond acceptors (Lipinski definition) is 6. The number of hydrogen-bond donors (Lipinski definition) is 0. The van der Waals surface area contributed by atoms with Crippen molar-refractivity contribution in [2.75, 3.05) is 7.11 Å². The van der Waals surface area contributed by atoms with Crippen molar-refractivity contribution in [1.82, 2.24) is 20.2 Å². The Kier molecular flexibility index (Phi) is 6.33. The molecule has 3 aromatic rings. The van der Waals surface area contributed by atoms with Crippen LogP contribution < -0.4 is 4.74 Å². The fourth-order valence-corrected chi connectivity index (χ4v) is 3.71. The predicted molar refractivity (Wildman–Crippen MR) is 98.6 cm³/mol. The average molecular weight is 415 g/mol. The molecule has 3 rings (SSSR count). The van der Waals surface area contributed by atoms with Gasteiger partial charge in [0.25, 0.3) is 5.76 Å². The van der Waals surface area contributed by atoms with Crippen LogP contribution in [0.1, 0.15) is 5.56 Å². The highest BCUT2D eigenvalue weighted by Crippen LogP contribution is 2.35. The molecule has 1 aromatic heterocycles. The van der Waals surface area contributed by atoms with Gasteiger partial charge in [-0.05, 0) is 52.4 Å². The Balaban J connectivity index is 1.74. The molecule has 10 heteroatoms. The lowest BCUT2D eigenvalue weighted by atomic mass is 10.2. The van der Waals surface area contributed by atoms with E-state index in [0.717, 1.165) is 11.3 Å². The fourth-order valence-electron chi connectivity index (χ4n) is 2.16. The SMILES string of the molecule is COc1cc(CSc2nnnn2-c2ccc(Cl)cc2)ccc1SC(F)F. The van der Waals surface area contributed by atoms with Crippen molar-refractivity contribution in [2.24, 2.45) is 0 Å². The van der Waals surface area contributed by atoms with Gasteiger partial charge in [-0.3, -0.25) is 0 Å². The summed E-state index contributed by atoms with van der Waals surface area (Å²) >= 11 is 7.79. The number of alkyl halides is 2. The van der Waals surface area contributed by atoms with E-state index in [0.29, 0.717) is 38.3 Å². The molecule has 0 unspecified atom stereocenters. The molecule has 0 N–H and O–H groups in total. The highest BCUT2D eigenvalue weighted by molar-refractivity contribution is 7.99. The van der Waals surface area contributed by atoms with Crippen LogP contribution in [0.3, 0.4) is 0 Å². The minimum atomic E-state index is -2.49. The van der Waals surface area contributed by atoms with Gasteiger partial charge in [-0.15, -0.1) is 5.10 Å². The fraction of sp³-hybridized carbons (Fsp3) is 0.188. The van der Waals surface area contributed by atoms with Crippen molar-refractivity contribution in [3.05, 3.63) is 53.1 Å². The van der Waals surface area contributed by atoms with Crippen molar-refractivity contribution in [2.45, 2.75) is 21.6 Å². The number of thioether (sulfide) groups is 2. The number of rotatable bonds is 7. The van der Waals surface area contributed by atoms with Gasteiger partial charge in [-0.1, -0.05) is 41.2 Å². The molecule has 0 radical (unpaired) electrons. The molecule has 5 nitrogen and oxygen atoms in total. The normalized spacial score (nSPS) is 11.1. The molecule has 0 aliphatic rings. The third-order valence-electron chi connectivity index (χ3n) is 3.32. The molecule has 1 heterocycles. The van der Waals surface area contributed by atoms with Crippen molar-refractivity contribution in [3.63, 3.8) is 0 Å². The number of nitrogens with zero attached hydrogens (tertiary/aromatic N) is 4. The molecule has 0 fully saturated rings. The second-order valence-electron chi connectivity index (χ2n) is 5.00. The van der Waals surface area contributed by atoms with Crippen LogP contribution in [0.5, 0.6) is 5.75 Å². The zero-order valence-corrected chi connectivity index (χ0v) is 15.9. The van der Waals surface area contributed by atoms with Crippen LogP contribution in [-0.4, -0.2) is 33.1 Å². The maximum Gasteiger partial charge on any atom is 0.289 e. The van der Waals surface area contributed by atoms with Gasteiger partial charge in [-0.2, -0.15) is 13.5 Å². The third-order valence-corrected chi connectivity index (χ3v) is 5.34. The van der Waals surface area contributed by atoms with Crippen LogP contribution in [0.2, 0.25) is 5.02 Å². The Hall–Kier alpha value is -1.84. The number of benzene rings is 2. The Labute approximate surface area is 162 Å². The summed E-state index contributed by atoms with van der Waals surface area (Å²) in [5.41, 5.74) is 1.71. The van der Waals surface area contributed by atoms with E-state index in [1.807, 2.05) is 12.1 Å². The van der Waals surface area contributed by atoms with E-state index in [9.17, 15) is 8.78 Å². The first-order valence-electron chi connectivity index (χ1n) is 7.35. The van der Waals surface area contributed by atoms with Crippen molar-refractivity contribution >= 4 is 35.1 Å². The topological polar surface area (TPSA) is 52.8 Å². The van der Waals surface area contributed by atoms with E-state index in [1.54, 1.807) is 35.0 Å². The quantitative estimate of drug-likeness (QED) is 0.511. The van der Waals surface area contributed by atoms with Gasteiger partial charge in [0.1, 0.15) is 5.75 Å². The van der Waals surface area contributed by atoms with Crippen LogP contribution in [0, 0.1) is 0 Å². The smallest absolute Gasteiger partial charge is 0.289 e. The Bertz CT molecular complexity index is 877. The molecular weight excluding hydrogens is 402 g/mol. The van der Waals surface area contributed by atoms with Crippen LogP contribution >= 0.6 is 35.1 Å². The molecule has 0 atom stereocenters. The maximum absolute atomic E-state index is 12.6. The lowest BCUT2D eigenvalue weighted by molar-refractivity contribution is 0.251. The summed E-state index contributed by atoms with van der Waals surface area (Å²) in [6.45, 7) is 0. The minimum Gasteiger partial charge on any atom is -0.496 e. The zero-order chi connectivity index (χ0) is 18.5. The van der Waals surface area contributed by atoms with E-state index < -0.39 is 5.76 Å². The highest BCUT2D eigenvalue weighted by Gasteiger charge is 2.13. The summed E-state index contributed by atoms with van der Waals surface area (Å²) in [6, 6.07) is 12.3. The van der Waals surface area contributed by atoms with Gasteiger partial charge in [-0.25, -0.2) is 0 Å². The standard InChI is InChI=1S/C16H13ClF2N4OS2/c1-24-13-8-10(2-7-14(13)26-15(18)19)9-25-16-20-21-22-23(16)12-5-3-11(17)4-6-12/h2-8,15H,9H2,1H3. The van der Waals surface area contributed by atoms with Crippen LogP contribution in [-0.2, 0) is 5.75 Å². The van der Waals surface area contributed by atoms with Crippen LogP contribution in [0.25, 0.3) is 5.69 Å². The number of halogens is 3. The summed E-state index contributed by atoms with van der Waals surface area (Å²) in [4.78, 5) is 0.405. The second-order valence-corrected chi connectivity index (χ2v) is 7.41. The largest absolute Gasteiger partial charge is 0.496 e. The molecule has 0 spiro atoms. The van der Waals surface area contributed by atoms with Gasteiger partial charge in [0, 0.05) is 10.8 Å². The molecule has 26 heavy (non-hydrogen) atoms. The highest BCUT2D eigenvalue weighted by atomic mass is 35.5. The summed E-state index contributed by atoms with van der Waals surface area (Å²) in [5, 5.41) is 13.0. The van der Waals surface area contributed by atoms with Crippen LogP contribution in [0.15, 0.2) is 52.5 Å². The Morgan fingerprint density at radius 3 is 2.65 bits per heavy atom. The first-order chi connectivity index (χ1) is 12.6. The molecule has 0 saturated heterocycles. The molecule has 2 aromatic carbocycles. The van der Waals surface area contributed by atoms with Crippen LogP contribution in [0.4, 0.5) is 8.78 Å². The molecule has 136 valence electrons. The van der Waals surface area contributed by atoms with Crippen molar-refractivity contribution in [1.29, 1.82) is 0 Å². The lowest BCUT2D eigenvalue weighted by Gasteiger charge is -2.10. The van der Waals surface area contributed by atoms with Crippen molar-refractivity contribution in [3.8, 4) is 11.4 Å². The monoisotopic (exact) mass is 414 g/mol. The molecular formula is C16H13ClF2N4OS2. The van der Waals surface area contributed by atoms with E-state index in [2.05, 4.69) is 15.5 Å². The predicted octanol–water partition coefficient (Wildman–Crippen LogP) is 4.93. The first kappa shape index (κ1) is 18.9. The Morgan fingerprint density at radius 1 is 1.19 bits per heavy atom. The number of aromatic nitrogens is 4. The summed E-state index contributed by atoms with van der Waals surface area (Å²) in [7, 11) is 1.46. The second kappa shape index (κ2) is 8.70. The summed E-state index contributed by atoms with van der Waals surface area (Å²) < 4.78 is 32.0. The van der Waals surface area contributed by atoms with Gasteiger partial charge in [0.05, 0.1) is 17.7 Å². The zero-order valence-electron chi connectivity index (χ0n) is 13.5. The van der Waals surface area contributed by atoms with Gasteiger partial charge >= 0.3 is 0 Å². The number of ether oxygens (including phenoxy) is 1. The van der Waals surface area contributed by atoms with E-state index in [4.69, 9.17) is 16.3 Å². The molecule has 0 aliphatic heterocycles. The van der Waals surface area contributed by atoms with Gasteiger partial charge in [0.2, 0.25) is 5.16 Å². The number of tetrazole rings is 1. The lowest BCUT2D eigenvalue weighted by Crippen LogP contribution is -1.99.